The molecule has 194 valence electrons. The van der Waals surface area contributed by atoms with E-state index >= 15 is 0 Å². The summed E-state index contributed by atoms with van der Waals surface area (Å²) in [6.07, 6.45) is 5.24. The molecule has 0 bridgehead atoms. The average Bonchev–Trinajstić information content (AvgIpc) is 3.38. The number of carbonyl (C=O) groups is 2. The second kappa shape index (κ2) is 10.5. The molecule has 2 aliphatic rings. The van der Waals surface area contributed by atoms with Crippen molar-refractivity contribution in [2.24, 2.45) is 7.05 Å². The summed E-state index contributed by atoms with van der Waals surface area (Å²) in [6.45, 7) is 5.58. The molecule has 0 saturated carbocycles. The van der Waals surface area contributed by atoms with Gasteiger partial charge in [0.2, 0.25) is 11.9 Å². The Hall–Kier alpha value is -3.50. The first-order valence-corrected chi connectivity index (χ1v) is 12.7. The molecule has 11 heteroatoms. The molecule has 4 heterocycles. The van der Waals surface area contributed by atoms with Gasteiger partial charge in [-0.05, 0) is 38.3 Å². The summed E-state index contributed by atoms with van der Waals surface area (Å²) in [6, 6.07) is 5.62. The molecule has 1 atom stereocenters. The van der Waals surface area contributed by atoms with Crippen LogP contribution in [-0.4, -0.2) is 62.3 Å². The topological polar surface area (TPSA) is 114 Å². The number of fused-ring (bicyclic) bond motifs is 1. The number of nitrogens with zero attached hydrogens (tertiary/aromatic N) is 5. The number of ether oxygens (including phenoxy) is 1. The first kappa shape index (κ1) is 25.2. The highest BCUT2D eigenvalue weighted by atomic mass is 35.5. The molecule has 1 unspecified atom stereocenters. The third-order valence-corrected chi connectivity index (χ3v) is 7.07. The Balaban J connectivity index is 1.27. The Morgan fingerprint density at radius 1 is 1.30 bits per heavy atom. The molecule has 1 fully saturated rings. The van der Waals surface area contributed by atoms with Gasteiger partial charge >= 0.3 is 0 Å². The van der Waals surface area contributed by atoms with Crippen molar-refractivity contribution in [2.45, 2.75) is 45.3 Å². The fraction of sp³-hybridized carbons (Fsp3) is 0.423. The lowest BCUT2D eigenvalue weighted by Crippen LogP contribution is -2.38. The highest BCUT2D eigenvalue weighted by Crippen LogP contribution is 2.31. The van der Waals surface area contributed by atoms with Crippen molar-refractivity contribution in [3.63, 3.8) is 0 Å². The van der Waals surface area contributed by atoms with Crippen molar-refractivity contribution in [1.29, 1.82) is 0 Å². The van der Waals surface area contributed by atoms with Gasteiger partial charge in [-0.2, -0.15) is 5.10 Å². The van der Waals surface area contributed by atoms with E-state index in [9.17, 15) is 9.59 Å². The van der Waals surface area contributed by atoms with Gasteiger partial charge in [0.05, 0.1) is 28.6 Å². The van der Waals surface area contributed by atoms with Gasteiger partial charge in [-0.3, -0.25) is 14.3 Å². The number of aromatic nitrogens is 4. The summed E-state index contributed by atoms with van der Waals surface area (Å²) in [7, 11) is 1.84. The zero-order valence-corrected chi connectivity index (χ0v) is 21.9. The maximum Gasteiger partial charge on any atom is 0.254 e. The van der Waals surface area contributed by atoms with E-state index < -0.39 is 0 Å². The number of amides is 2. The first-order chi connectivity index (χ1) is 17.8. The van der Waals surface area contributed by atoms with Crippen LogP contribution in [0, 0.1) is 6.92 Å². The van der Waals surface area contributed by atoms with Gasteiger partial charge in [0.15, 0.2) is 0 Å². The van der Waals surface area contributed by atoms with Crippen LogP contribution >= 0.6 is 11.6 Å². The number of halogens is 1. The SMILES string of the molecule is Cc1nn(C)cc1C(C)NC(=O)CN1Cc2ccc(-c3nc(NC4CCOCC4)ncc3Cl)cc2C1=O. The Kier molecular flexibility index (Phi) is 7.12. The van der Waals surface area contributed by atoms with Crippen molar-refractivity contribution in [2.75, 3.05) is 25.1 Å². The van der Waals surface area contributed by atoms with Crippen molar-refractivity contribution in [3.05, 3.63) is 58.0 Å². The number of hydrogen-bond donors (Lipinski definition) is 2. The molecular weight excluding hydrogens is 494 g/mol. The van der Waals surface area contributed by atoms with E-state index in [1.807, 2.05) is 39.2 Å². The molecule has 2 aromatic heterocycles. The van der Waals surface area contributed by atoms with Gasteiger partial charge in [0, 0.05) is 55.7 Å². The Labute approximate surface area is 220 Å². The van der Waals surface area contributed by atoms with Gasteiger partial charge in [-0.1, -0.05) is 23.7 Å². The number of carbonyl (C=O) groups excluding carboxylic acids is 2. The lowest BCUT2D eigenvalue weighted by atomic mass is 10.0. The molecule has 0 spiro atoms. The van der Waals surface area contributed by atoms with Crippen LogP contribution in [-0.2, 0) is 23.1 Å². The summed E-state index contributed by atoms with van der Waals surface area (Å²) in [5, 5.41) is 11.1. The maximum absolute atomic E-state index is 13.2. The predicted octanol–water partition coefficient (Wildman–Crippen LogP) is 3.26. The predicted molar refractivity (Wildman–Crippen MR) is 139 cm³/mol. The molecule has 3 aromatic rings. The summed E-state index contributed by atoms with van der Waals surface area (Å²) >= 11 is 6.44. The normalized spacial score (nSPS) is 16.5. The molecule has 0 radical (unpaired) electrons. The van der Waals surface area contributed by atoms with Crippen LogP contribution in [0.25, 0.3) is 11.3 Å². The largest absolute Gasteiger partial charge is 0.381 e. The minimum absolute atomic E-state index is 0.0278. The number of benzene rings is 1. The number of hydrogen-bond acceptors (Lipinski definition) is 7. The smallest absolute Gasteiger partial charge is 0.254 e. The monoisotopic (exact) mass is 523 g/mol. The van der Waals surface area contributed by atoms with Crippen LogP contribution in [0.5, 0.6) is 0 Å². The third kappa shape index (κ3) is 5.45. The van der Waals surface area contributed by atoms with E-state index in [2.05, 4.69) is 25.7 Å². The quantitative estimate of drug-likeness (QED) is 0.488. The lowest BCUT2D eigenvalue weighted by molar-refractivity contribution is -0.122. The molecule has 1 saturated heterocycles. The van der Waals surface area contributed by atoms with Crippen molar-refractivity contribution < 1.29 is 14.3 Å². The van der Waals surface area contributed by atoms with Crippen LogP contribution < -0.4 is 10.6 Å². The van der Waals surface area contributed by atoms with Gasteiger partial charge < -0.3 is 20.3 Å². The average molecular weight is 524 g/mol. The maximum atomic E-state index is 13.2. The van der Waals surface area contributed by atoms with Gasteiger partial charge in [0.1, 0.15) is 6.54 Å². The van der Waals surface area contributed by atoms with Crippen molar-refractivity contribution in [3.8, 4) is 11.3 Å². The molecule has 2 amide bonds. The first-order valence-electron chi connectivity index (χ1n) is 12.4. The third-order valence-electron chi connectivity index (χ3n) is 6.79. The summed E-state index contributed by atoms with van der Waals surface area (Å²) in [4.78, 5) is 36.4. The van der Waals surface area contributed by atoms with Crippen molar-refractivity contribution in [1.82, 2.24) is 30.0 Å². The van der Waals surface area contributed by atoms with E-state index in [1.54, 1.807) is 21.8 Å². The second-order valence-electron chi connectivity index (χ2n) is 9.59. The van der Waals surface area contributed by atoms with Crippen LogP contribution in [0.1, 0.15) is 53.0 Å². The van der Waals surface area contributed by atoms with Crippen molar-refractivity contribution >= 4 is 29.4 Å². The van der Waals surface area contributed by atoms with E-state index in [0.717, 1.165) is 35.2 Å². The molecular formula is C26H30ClN7O3. The summed E-state index contributed by atoms with van der Waals surface area (Å²) in [5.41, 5.74) is 4.50. The summed E-state index contributed by atoms with van der Waals surface area (Å²) < 4.78 is 7.13. The standard InChI is InChI=1S/C26H30ClN7O3/c1-15(21-13-33(3)32-16(21)2)29-23(35)14-34-12-18-5-4-17(10-20(18)25(34)36)24-22(27)11-28-26(31-24)30-19-6-8-37-9-7-19/h4-5,10-11,13,15,19H,6-9,12,14H2,1-3H3,(H,29,35)(H,28,30,31). The van der Waals surface area contributed by atoms with Crippen LogP contribution in [0.15, 0.2) is 30.6 Å². The van der Waals surface area contributed by atoms with Gasteiger partial charge in [-0.15, -0.1) is 0 Å². The highest BCUT2D eigenvalue weighted by Gasteiger charge is 2.30. The highest BCUT2D eigenvalue weighted by molar-refractivity contribution is 6.33. The van der Waals surface area contributed by atoms with Gasteiger partial charge in [-0.25, -0.2) is 9.97 Å². The zero-order valence-electron chi connectivity index (χ0n) is 21.1. The molecule has 37 heavy (non-hydrogen) atoms. The Morgan fingerprint density at radius 2 is 2.08 bits per heavy atom. The number of rotatable bonds is 7. The van der Waals surface area contributed by atoms with E-state index in [1.165, 1.54) is 0 Å². The van der Waals surface area contributed by atoms with E-state index in [0.29, 0.717) is 42.0 Å². The molecule has 1 aromatic carbocycles. The molecule has 0 aliphatic carbocycles. The molecule has 2 N–H and O–H groups in total. The van der Waals surface area contributed by atoms with E-state index in [4.69, 9.17) is 16.3 Å². The van der Waals surface area contributed by atoms with Crippen LogP contribution in [0.2, 0.25) is 5.02 Å². The summed E-state index contributed by atoms with van der Waals surface area (Å²) in [5.74, 6) is 0.0807. The Bertz CT molecular complexity index is 1340. The number of anilines is 1. The fourth-order valence-corrected chi connectivity index (χ4v) is 5.08. The van der Waals surface area contributed by atoms with Gasteiger partial charge in [0.25, 0.3) is 5.91 Å². The zero-order chi connectivity index (χ0) is 26.1. The number of aryl methyl sites for hydroxylation is 2. The minimum atomic E-state index is -0.222. The second-order valence-corrected chi connectivity index (χ2v) is 9.99. The Morgan fingerprint density at radius 3 is 2.81 bits per heavy atom. The lowest BCUT2D eigenvalue weighted by Gasteiger charge is -2.23. The van der Waals surface area contributed by atoms with Crippen LogP contribution in [0.3, 0.4) is 0 Å². The molecule has 10 nitrogen and oxygen atoms in total. The molecule has 2 aliphatic heterocycles. The molecule has 5 rings (SSSR count). The minimum Gasteiger partial charge on any atom is -0.381 e. The number of nitrogens with one attached hydrogen (secondary N) is 2. The van der Waals surface area contributed by atoms with E-state index in [-0.39, 0.29) is 30.4 Å². The fourth-order valence-electron chi connectivity index (χ4n) is 4.88. The van der Waals surface area contributed by atoms with Crippen LogP contribution in [0.4, 0.5) is 5.95 Å².